The van der Waals surface area contributed by atoms with E-state index in [4.69, 9.17) is 4.52 Å². The molecular formula is C26H21FN2O2. The standard InChI is InChI=1S/C26H21FN2O2/c1-16-15-19(10-14-23(16)27)26(30)29(2)20-11-7-18(8-12-20)25-22-13-9-17-5-3-4-6-21(17)24(22)28-31-25/h3-8,10-12,14-15H,9,13H2,1-2H3. The maximum atomic E-state index is 13.5. The second-order valence-corrected chi connectivity index (χ2v) is 7.87. The minimum atomic E-state index is -0.318. The van der Waals surface area contributed by atoms with Gasteiger partial charge in [0.15, 0.2) is 5.76 Å². The molecule has 4 aromatic rings. The molecule has 5 rings (SSSR count). The van der Waals surface area contributed by atoms with Crippen LogP contribution in [0.15, 0.2) is 71.3 Å². The van der Waals surface area contributed by atoms with E-state index in [-0.39, 0.29) is 11.7 Å². The summed E-state index contributed by atoms with van der Waals surface area (Å²) in [6.07, 6.45) is 1.85. The van der Waals surface area contributed by atoms with Gasteiger partial charge in [0, 0.05) is 35.0 Å². The summed E-state index contributed by atoms with van der Waals surface area (Å²) < 4.78 is 19.3. The number of aromatic nitrogens is 1. The summed E-state index contributed by atoms with van der Waals surface area (Å²) in [5.74, 6) is 0.269. The van der Waals surface area contributed by atoms with Crippen LogP contribution in [0.2, 0.25) is 0 Å². The number of hydrogen-bond acceptors (Lipinski definition) is 3. The largest absolute Gasteiger partial charge is 0.355 e. The van der Waals surface area contributed by atoms with Gasteiger partial charge in [-0.25, -0.2) is 4.39 Å². The molecule has 4 nitrogen and oxygen atoms in total. The molecule has 3 aromatic carbocycles. The van der Waals surface area contributed by atoms with E-state index in [1.54, 1.807) is 24.9 Å². The summed E-state index contributed by atoms with van der Waals surface area (Å²) >= 11 is 0. The molecule has 31 heavy (non-hydrogen) atoms. The van der Waals surface area contributed by atoms with Crippen LogP contribution < -0.4 is 4.90 Å². The van der Waals surface area contributed by atoms with Crippen LogP contribution in [0.3, 0.4) is 0 Å². The minimum absolute atomic E-state index is 0.190. The molecule has 1 aromatic heterocycles. The molecule has 0 saturated heterocycles. The zero-order valence-electron chi connectivity index (χ0n) is 17.4. The Morgan fingerprint density at radius 3 is 2.58 bits per heavy atom. The zero-order chi connectivity index (χ0) is 21.5. The second-order valence-electron chi connectivity index (χ2n) is 7.87. The number of anilines is 1. The number of halogens is 1. The van der Waals surface area contributed by atoms with E-state index in [1.165, 1.54) is 17.7 Å². The van der Waals surface area contributed by atoms with Crippen LogP contribution in [0.5, 0.6) is 0 Å². The van der Waals surface area contributed by atoms with Crippen molar-refractivity contribution in [1.82, 2.24) is 5.16 Å². The number of fused-ring (bicyclic) bond motifs is 3. The van der Waals surface area contributed by atoms with Crippen LogP contribution in [-0.2, 0) is 12.8 Å². The molecule has 1 heterocycles. The van der Waals surface area contributed by atoms with Gasteiger partial charge in [0.25, 0.3) is 5.91 Å². The lowest BCUT2D eigenvalue weighted by atomic mass is 9.88. The third-order valence-corrected chi connectivity index (χ3v) is 5.93. The average molecular weight is 412 g/mol. The van der Waals surface area contributed by atoms with Gasteiger partial charge in [-0.05, 0) is 73.4 Å². The molecular weight excluding hydrogens is 391 g/mol. The first-order valence-corrected chi connectivity index (χ1v) is 10.2. The van der Waals surface area contributed by atoms with Gasteiger partial charge in [-0.15, -0.1) is 0 Å². The van der Waals surface area contributed by atoms with Crippen molar-refractivity contribution < 1.29 is 13.7 Å². The van der Waals surface area contributed by atoms with Gasteiger partial charge in [-0.1, -0.05) is 29.4 Å². The fourth-order valence-electron chi connectivity index (χ4n) is 4.13. The zero-order valence-corrected chi connectivity index (χ0v) is 17.4. The van der Waals surface area contributed by atoms with Gasteiger partial charge in [0.2, 0.25) is 0 Å². The van der Waals surface area contributed by atoms with Gasteiger partial charge >= 0.3 is 0 Å². The second kappa shape index (κ2) is 7.51. The van der Waals surface area contributed by atoms with Crippen molar-refractivity contribution in [2.75, 3.05) is 11.9 Å². The number of carbonyl (C=O) groups excluding carboxylic acids is 1. The van der Waals surface area contributed by atoms with Crippen molar-refractivity contribution in [2.24, 2.45) is 0 Å². The van der Waals surface area contributed by atoms with E-state index in [2.05, 4.69) is 23.4 Å². The van der Waals surface area contributed by atoms with Gasteiger partial charge in [-0.3, -0.25) is 4.79 Å². The Kier molecular flexibility index (Phi) is 4.66. The van der Waals surface area contributed by atoms with E-state index in [0.717, 1.165) is 46.7 Å². The van der Waals surface area contributed by atoms with E-state index >= 15 is 0 Å². The van der Waals surface area contributed by atoms with Gasteiger partial charge in [0.05, 0.1) is 0 Å². The van der Waals surface area contributed by atoms with Crippen molar-refractivity contribution >= 4 is 11.6 Å². The van der Waals surface area contributed by atoms with Crippen molar-refractivity contribution in [3.63, 3.8) is 0 Å². The normalized spacial score (nSPS) is 12.2. The van der Waals surface area contributed by atoms with Crippen LogP contribution in [0.4, 0.5) is 10.1 Å². The Morgan fingerprint density at radius 2 is 1.81 bits per heavy atom. The van der Waals surface area contributed by atoms with E-state index < -0.39 is 0 Å². The van der Waals surface area contributed by atoms with Crippen LogP contribution in [-0.4, -0.2) is 18.1 Å². The third-order valence-electron chi connectivity index (χ3n) is 5.93. The molecule has 1 aliphatic rings. The summed E-state index contributed by atoms with van der Waals surface area (Å²) in [4.78, 5) is 14.4. The van der Waals surface area contributed by atoms with E-state index in [0.29, 0.717) is 11.1 Å². The molecule has 0 N–H and O–H groups in total. The van der Waals surface area contributed by atoms with Crippen LogP contribution >= 0.6 is 0 Å². The summed E-state index contributed by atoms with van der Waals surface area (Å²) in [5, 5.41) is 4.35. The number of hydrogen-bond donors (Lipinski definition) is 0. The number of rotatable bonds is 3. The maximum Gasteiger partial charge on any atom is 0.258 e. The average Bonchev–Trinajstić information content (AvgIpc) is 3.25. The van der Waals surface area contributed by atoms with Crippen molar-refractivity contribution in [3.8, 4) is 22.6 Å². The monoisotopic (exact) mass is 412 g/mol. The number of nitrogens with zero attached hydrogens (tertiary/aromatic N) is 2. The molecule has 0 unspecified atom stereocenters. The topological polar surface area (TPSA) is 46.3 Å². The van der Waals surface area contributed by atoms with E-state index in [9.17, 15) is 9.18 Å². The highest BCUT2D eigenvalue weighted by Crippen LogP contribution is 2.38. The fourth-order valence-corrected chi connectivity index (χ4v) is 4.13. The molecule has 1 amide bonds. The van der Waals surface area contributed by atoms with Crippen LogP contribution in [0, 0.1) is 12.7 Å². The lowest BCUT2D eigenvalue weighted by Gasteiger charge is -2.18. The number of amides is 1. The lowest BCUT2D eigenvalue weighted by molar-refractivity contribution is 0.0993. The summed E-state index contributed by atoms with van der Waals surface area (Å²) in [5.41, 5.74) is 7.04. The first-order chi connectivity index (χ1) is 15.0. The lowest BCUT2D eigenvalue weighted by Crippen LogP contribution is -2.26. The van der Waals surface area contributed by atoms with Crippen molar-refractivity contribution in [3.05, 3.63) is 94.8 Å². The minimum Gasteiger partial charge on any atom is -0.355 e. The summed E-state index contributed by atoms with van der Waals surface area (Å²) in [6, 6.07) is 20.3. The Hall–Kier alpha value is -3.73. The predicted molar refractivity (Wildman–Crippen MR) is 119 cm³/mol. The van der Waals surface area contributed by atoms with Gasteiger partial charge in [-0.2, -0.15) is 0 Å². The highest BCUT2D eigenvalue weighted by atomic mass is 19.1. The Morgan fingerprint density at radius 1 is 1.03 bits per heavy atom. The van der Waals surface area contributed by atoms with Gasteiger partial charge in [0.1, 0.15) is 11.5 Å². The molecule has 5 heteroatoms. The first kappa shape index (κ1) is 19.2. The fraction of sp³-hybridized carbons (Fsp3) is 0.154. The Bertz CT molecular complexity index is 1290. The Labute approximate surface area is 179 Å². The first-order valence-electron chi connectivity index (χ1n) is 10.2. The quantitative estimate of drug-likeness (QED) is 0.425. The van der Waals surface area contributed by atoms with Crippen LogP contribution in [0.25, 0.3) is 22.6 Å². The Balaban J connectivity index is 1.42. The van der Waals surface area contributed by atoms with Crippen LogP contribution in [0.1, 0.15) is 27.0 Å². The molecule has 154 valence electrons. The molecule has 0 aliphatic heterocycles. The molecule has 0 spiro atoms. The molecule has 1 aliphatic carbocycles. The predicted octanol–water partition coefficient (Wildman–Crippen LogP) is 5.83. The summed E-state index contributed by atoms with van der Waals surface area (Å²) in [6.45, 7) is 1.65. The van der Waals surface area contributed by atoms with E-state index in [1.807, 2.05) is 30.3 Å². The summed E-state index contributed by atoms with van der Waals surface area (Å²) in [7, 11) is 1.71. The molecule has 0 radical (unpaired) electrons. The molecule has 0 fully saturated rings. The number of carbonyl (C=O) groups is 1. The molecule has 0 bridgehead atoms. The molecule has 0 saturated carbocycles. The van der Waals surface area contributed by atoms with Gasteiger partial charge < -0.3 is 9.42 Å². The smallest absolute Gasteiger partial charge is 0.258 e. The number of benzene rings is 3. The number of aryl methyl sites for hydroxylation is 2. The highest BCUT2D eigenvalue weighted by molar-refractivity contribution is 6.05. The highest BCUT2D eigenvalue weighted by Gasteiger charge is 2.24. The van der Waals surface area contributed by atoms with Crippen molar-refractivity contribution in [2.45, 2.75) is 19.8 Å². The third kappa shape index (κ3) is 3.32. The SMILES string of the molecule is Cc1cc(C(=O)N(C)c2ccc(-c3onc4c3CCc3ccccc3-4)cc2)ccc1F. The molecule has 0 atom stereocenters. The maximum absolute atomic E-state index is 13.5. The van der Waals surface area contributed by atoms with Crippen molar-refractivity contribution in [1.29, 1.82) is 0 Å².